The number of fused-ring (bicyclic) bond motifs is 12. The normalized spacial score (nSPS) is 13.0. The van der Waals surface area contributed by atoms with Crippen LogP contribution in [0.4, 0.5) is 0 Å². The van der Waals surface area contributed by atoms with Gasteiger partial charge in [0.2, 0.25) is 0 Å². The third kappa shape index (κ3) is 6.31. The summed E-state index contributed by atoms with van der Waals surface area (Å²) in [4.78, 5) is 18.3. The van der Waals surface area contributed by atoms with Crippen LogP contribution >= 0.6 is 23.1 Å². The summed E-state index contributed by atoms with van der Waals surface area (Å²) in [5.74, 6) is 1.90. The van der Waals surface area contributed by atoms with E-state index >= 15 is 0 Å². The molecule has 1 spiro atoms. The Morgan fingerprint density at radius 3 is 1.54 bits per heavy atom. The second kappa shape index (κ2) is 16.0. The third-order valence-corrected chi connectivity index (χ3v) is 16.3. The van der Waals surface area contributed by atoms with Gasteiger partial charge in [-0.1, -0.05) is 212 Å². The Morgan fingerprint density at radius 2 is 0.812 bits per heavy atom. The van der Waals surface area contributed by atoms with Gasteiger partial charge in [0, 0.05) is 46.7 Å². The Balaban J connectivity index is 0.881. The van der Waals surface area contributed by atoms with E-state index in [1.54, 1.807) is 0 Å². The summed E-state index contributed by atoms with van der Waals surface area (Å²) in [5, 5.41) is 2.53. The van der Waals surface area contributed by atoms with Crippen molar-refractivity contribution in [1.82, 2.24) is 15.0 Å². The van der Waals surface area contributed by atoms with E-state index in [0.29, 0.717) is 17.5 Å². The van der Waals surface area contributed by atoms with Crippen molar-refractivity contribution in [3.8, 4) is 78.7 Å². The molecule has 2 aromatic heterocycles. The van der Waals surface area contributed by atoms with Crippen LogP contribution in [0.3, 0.4) is 0 Å². The lowest BCUT2D eigenvalue weighted by molar-refractivity contribution is 0.722. The summed E-state index contributed by atoms with van der Waals surface area (Å²) in [5.41, 5.74) is 17.3. The van der Waals surface area contributed by atoms with Crippen molar-refractivity contribution < 1.29 is 0 Å². The summed E-state index contributed by atoms with van der Waals surface area (Å²) in [7, 11) is 0. The number of rotatable bonds is 6. The highest BCUT2D eigenvalue weighted by Gasteiger charge is 2.50. The van der Waals surface area contributed by atoms with Crippen LogP contribution in [-0.2, 0) is 5.41 Å². The fourth-order valence-corrected chi connectivity index (χ4v) is 13.3. The second-order valence-electron chi connectivity index (χ2n) is 17.8. The minimum atomic E-state index is -0.430. The zero-order valence-corrected chi connectivity index (χ0v) is 38.8. The first-order valence-corrected chi connectivity index (χ1v) is 25.0. The van der Waals surface area contributed by atoms with E-state index in [4.69, 9.17) is 15.0 Å². The molecule has 1 aliphatic carbocycles. The number of thiophene rings is 1. The summed E-state index contributed by atoms with van der Waals surface area (Å²) in [6, 6.07) is 85.7. The Labute approximate surface area is 408 Å². The van der Waals surface area contributed by atoms with Gasteiger partial charge in [0.1, 0.15) is 0 Å². The lowest BCUT2D eigenvalue weighted by atomic mass is 9.67. The van der Waals surface area contributed by atoms with E-state index in [-0.39, 0.29) is 0 Å². The molecule has 0 fully saturated rings. The third-order valence-electron chi connectivity index (χ3n) is 14.0. The lowest BCUT2D eigenvalue weighted by Gasteiger charge is -2.39. The van der Waals surface area contributed by atoms with Gasteiger partial charge in [-0.15, -0.1) is 11.3 Å². The molecule has 0 atom stereocenters. The van der Waals surface area contributed by atoms with E-state index in [9.17, 15) is 0 Å². The molecule has 5 heteroatoms. The summed E-state index contributed by atoms with van der Waals surface area (Å²) >= 11 is 3.72. The Kier molecular flexibility index (Phi) is 9.23. The van der Waals surface area contributed by atoms with E-state index in [2.05, 4.69) is 218 Å². The highest BCUT2D eigenvalue weighted by Crippen LogP contribution is 2.62. The molecule has 69 heavy (non-hydrogen) atoms. The van der Waals surface area contributed by atoms with Crippen LogP contribution in [0.25, 0.3) is 98.8 Å². The first-order valence-electron chi connectivity index (χ1n) is 23.3. The largest absolute Gasteiger partial charge is 0.208 e. The van der Waals surface area contributed by atoms with Crippen molar-refractivity contribution in [2.45, 2.75) is 15.2 Å². The smallest absolute Gasteiger partial charge is 0.164 e. The van der Waals surface area contributed by atoms with Gasteiger partial charge in [-0.3, -0.25) is 0 Å². The molecule has 0 radical (unpaired) electrons. The van der Waals surface area contributed by atoms with Crippen molar-refractivity contribution in [2.24, 2.45) is 0 Å². The molecule has 322 valence electrons. The second-order valence-corrected chi connectivity index (χ2v) is 20.0. The Morgan fingerprint density at radius 1 is 0.290 bits per heavy atom. The summed E-state index contributed by atoms with van der Waals surface area (Å²) < 4.78 is 2.54. The number of benzene rings is 10. The minimum Gasteiger partial charge on any atom is -0.208 e. The standard InChI is InChI=1S/C64H39N3S2/c1-3-16-41(17-4-1)47-23-15-29-59-60(47)51-38-45(35-37-56(51)68-59)46-20-7-8-22-50(46)63-66-61(42-18-5-2-6-19-42)65-62(67-63)43-32-30-40(31-33-43)44-34-36-49-48-21-9-10-24-52(48)64(55(49)39-44)53-25-11-13-27-57(53)69-58-28-14-12-26-54(58)64/h1-39H. The zero-order valence-electron chi connectivity index (χ0n) is 37.2. The van der Waals surface area contributed by atoms with Crippen LogP contribution < -0.4 is 0 Å². The van der Waals surface area contributed by atoms with Gasteiger partial charge >= 0.3 is 0 Å². The van der Waals surface area contributed by atoms with Gasteiger partial charge in [0.25, 0.3) is 0 Å². The van der Waals surface area contributed by atoms with Gasteiger partial charge in [0.15, 0.2) is 17.5 Å². The Hall–Kier alpha value is -8.22. The number of hydrogen-bond acceptors (Lipinski definition) is 5. The van der Waals surface area contributed by atoms with E-state index in [1.165, 1.54) is 80.0 Å². The van der Waals surface area contributed by atoms with Crippen LogP contribution in [0.2, 0.25) is 0 Å². The summed E-state index contributed by atoms with van der Waals surface area (Å²) in [6.07, 6.45) is 0. The molecule has 3 nitrogen and oxygen atoms in total. The number of nitrogens with zero attached hydrogens (tertiary/aromatic N) is 3. The molecule has 14 rings (SSSR count). The van der Waals surface area contributed by atoms with Gasteiger partial charge in [-0.2, -0.15) is 0 Å². The topological polar surface area (TPSA) is 38.7 Å². The average Bonchev–Trinajstić information content (AvgIpc) is 3.95. The maximum Gasteiger partial charge on any atom is 0.164 e. The molecular formula is C64H39N3S2. The van der Waals surface area contributed by atoms with Crippen LogP contribution in [0, 0.1) is 0 Å². The van der Waals surface area contributed by atoms with E-state index < -0.39 is 5.41 Å². The van der Waals surface area contributed by atoms with Crippen LogP contribution in [0.5, 0.6) is 0 Å². The predicted molar refractivity (Wildman–Crippen MR) is 287 cm³/mol. The van der Waals surface area contributed by atoms with Crippen molar-refractivity contribution in [3.05, 3.63) is 259 Å². The molecule has 0 N–H and O–H groups in total. The molecule has 0 saturated carbocycles. The van der Waals surface area contributed by atoms with Crippen molar-refractivity contribution in [1.29, 1.82) is 0 Å². The van der Waals surface area contributed by atoms with E-state index in [0.717, 1.165) is 33.4 Å². The lowest BCUT2D eigenvalue weighted by Crippen LogP contribution is -2.31. The first kappa shape index (κ1) is 39.9. The van der Waals surface area contributed by atoms with Crippen molar-refractivity contribution in [2.75, 3.05) is 0 Å². The van der Waals surface area contributed by atoms with Crippen LogP contribution in [0.15, 0.2) is 246 Å². The maximum atomic E-state index is 5.29. The Bertz CT molecular complexity index is 3940. The highest BCUT2D eigenvalue weighted by molar-refractivity contribution is 7.99. The average molecular weight is 914 g/mol. The van der Waals surface area contributed by atoms with E-state index in [1.807, 2.05) is 41.3 Å². The van der Waals surface area contributed by atoms with Crippen molar-refractivity contribution >= 4 is 43.3 Å². The predicted octanol–water partition coefficient (Wildman–Crippen LogP) is 17.1. The molecule has 1 aliphatic heterocycles. The number of aromatic nitrogens is 3. The van der Waals surface area contributed by atoms with Gasteiger partial charge in [-0.25, -0.2) is 15.0 Å². The minimum absolute atomic E-state index is 0.430. The molecule has 12 aromatic rings. The molecule has 0 amide bonds. The fourth-order valence-electron chi connectivity index (χ4n) is 11.0. The maximum absolute atomic E-state index is 5.29. The van der Waals surface area contributed by atoms with Gasteiger partial charge in [-0.05, 0) is 103 Å². The monoisotopic (exact) mass is 913 g/mol. The molecule has 0 bridgehead atoms. The molecule has 3 heterocycles. The molecule has 0 unspecified atom stereocenters. The van der Waals surface area contributed by atoms with Crippen LogP contribution in [0.1, 0.15) is 22.3 Å². The zero-order chi connectivity index (χ0) is 45.5. The first-order chi connectivity index (χ1) is 34.2. The SMILES string of the molecule is c1ccc(-c2nc(-c3ccc(-c4ccc5c(c4)C4(c6ccccc6Sc6ccccc64)c4ccccc4-5)cc3)nc(-c3ccccc3-c3ccc4sc5cccc(-c6ccccc6)c5c4c3)n2)cc1. The quantitative estimate of drug-likeness (QED) is 0.167. The van der Waals surface area contributed by atoms with Gasteiger partial charge < -0.3 is 0 Å². The number of hydrogen-bond donors (Lipinski definition) is 0. The fraction of sp³-hybridized carbons (Fsp3) is 0.0156. The summed E-state index contributed by atoms with van der Waals surface area (Å²) in [6.45, 7) is 0. The molecule has 0 saturated heterocycles. The highest BCUT2D eigenvalue weighted by atomic mass is 32.2. The van der Waals surface area contributed by atoms with Gasteiger partial charge in [0.05, 0.1) is 5.41 Å². The molecular weight excluding hydrogens is 875 g/mol. The molecule has 2 aliphatic rings. The van der Waals surface area contributed by atoms with Crippen LogP contribution in [-0.4, -0.2) is 15.0 Å². The van der Waals surface area contributed by atoms with Crippen molar-refractivity contribution in [3.63, 3.8) is 0 Å². The molecule has 10 aromatic carbocycles.